The molecule has 2 heterocycles. The molecule has 6 heteroatoms. The van der Waals surface area contributed by atoms with Crippen LogP contribution in [0, 0.1) is 18.8 Å². The first kappa shape index (κ1) is 14.8. The number of nitrogens with zero attached hydrogens (tertiary/aromatic N) is 1. The molecule has 3 unspecified atom stereocenters. The van der Waals surface area contributed by atoms with E-state index in [1.807, 2.05) is 13.8 Å². The Hall–Kier alpha value is -1.11. The largest absolute Gasteiger partial charge is 0.496 e. The number of benzene rings is 1. The van der Waals surface area contributed by atoms with E-state index in [-0.39, 0.29) is 6.04 Å². The maximum atomic E-state index is 12.9. The molecule has 1 aromatic carbocycles. The number of rotatable bonds is 3. The zero-order valence-corrected chi connectivity index (χ0v) is 13.5. The first-order valence-electron chi connectivity index (χ1n) is 7.32. The molecule has 0 saturated carbocycles. The molecule has 0 spiro atoms. The van der Waals surface area contributed by atoms with Gasteiger partial charge in [-0.05, 0) is 62.5 Å². The molecule has 116 valence electrons. The molecular weight excluding hydrogens is 288 g/mol. The summed E-state index contributed by atoms with van der Waals surface area (Å²) in [6.45, 7) is 6.34. The monoisotopic (exact) mass is 310 g/mol. The fraction of sp³-hybridized carbons (Fsp3) is 0.600. The fourth-order valence-corrected chi connectivity index (χ4v) is 5.41. The van der Waals surface area contributed by atoms with Crippen LogP contribution in [0.1, 0.15) is 12.5 Å². The Labute approximate surface area is 126 Å². The average Bonchev–Trinajstić information content (AvgIpc) is 3.02. The summed E-state index contributed by atoms with van der Waals surface area (Å²) in [6.07, 6.45) is 0. The Morgan fingerprint density at radius 3 is 2.71 bits per heavy atom. The maximum Gasteiger partial charge on any atom is 0.243 e. The average molecular weight is 310 g/mol. The van der Waals surface area contributed by atoms with E-state index in [0.717, 1.165) is 18.7 Å². The lowest BCUT2D eigenvalue weighted by atomic mass is 9.95. The van der Waals surface area contributed by atoms with Gasteiger partial charge in [0.2, 0.25) is 10.0 Å². The lowest BCUT2D eigenvalue weighted by Crippen LogP contribution is -2.38. The first-order valence-corrected chi connectivity index (χ1v) is 8.76. The molecule has 3 rings (SSSR count). The predicted molar refractivity (Wildman–Crippen MR) is 80.9 cm³/mol. The molecule has 2 fully saturated rings. The van der Waals surface area contributed by atoms with Crippen LogP contribution < -0.4 is 10.1 Å². The van der Waals surface area contributed by atoms with Crippen LogP contribution in [0.3, 0.4) is 0 Å². The van der Waals surface area contributed by atoms with Crippen molar-refractivity contribution in [3.05, 3.63) is 23.8 Å². The molecule has 0 aromatic heterocycles. The van der Waals surface area contributed by atoms with Gasteiger partial charge >= 0.3 is 0 Å². The summed E-state index contributed by atoms with van der Waals surface area (Å²) in [7, 11) is -1.84. The number of methoxy groups -OCH3 is 1. The van der Waals surface area contributed by atoms with Crippen LogP contribution in [0.5, 0.6) is 5.75 Å². The highest BCUT2D eigenvalue weighted by atomic mass is 32.2. The Bertz CT molecular complexity index is 644. The summed E-state index contributed by atoms with van der Waals surface area (Å²) in [5.74, 6) is 1.58. The van der Waals surface area contributed by atoms with E-state index >= 15 is 0 Å². The fourth-order valence-electron chi connectivity index (χ4n) is 3.59. The molecule has 2 aliphatic heterocycles. The van der Waals surface area contributed by atoms with Crippen LogP contribution in [0.2, 0.25) is 0 Å². The van der Waals surface area contributed by atoms with E-state index in [9.17, 15) is 8.42 Å². The Balaban J connectivity index is 1.92. The number of nitrogens with one attached hydrogen (secondary N) is 1. The predicted octanol–water partition coefficient (Wildman–Crippen LogP) is 1.23. The second-order valence-corrected chi connectivity index (χ2v) is 7.92. The van der Waals surface area contributed by atoms with Gasteiger partial charge in [-0.1, -0.05) is 0 Å². The number of aryl methyl sites for hydroxylation is 1. The van der Waals surface area contributed by atoms with Crippen molar-refractivity contribution in [1.82, 2.24) is 9.62 Å². The number of hydrogen-bond acceptors (Lipinski definition) is 4. The van der Waals surface area contributed by atoms with Crippen molar-refractivity contribution in [2.45, 2.75) is 24.8 Å². The van der Waals surface area contributed by atoms with E-state index in [0.29, 0.717) is 29.0 Å². The third kappa shape index (κ3) is 2.35. The van der Waals surface area contributed by atoms with Gasteiger partial charge in [-0.25, -0.2) is 8.42 Å². The molecule has 0 aliphatic carbocycles. The van der Waals surface area contributed by atoms with Gasteiger partial charge < -0.3 is 10.1 Å². The topological polar surface area (TPSA) is 58.6 Å². The molecule has 2 aliphatic rings. The number of fused-ring (bicyclic) bond motifs is 1. The highest BCUT2D eigenvalue weighted by molar-refractivity contribution is 7.89. The van der Waals surface area contributed by atoms with Crippen molar-refractivity contribution in [3.63, 3.8) is 0 Å². The second-order valence-electron chi connectivity index (χ2n) is 6.03. The lowest BCUT2D eigenvalue weighted by Gasteiger charge is -2.24. The Morgan fingerprint density at radius 2 is 2.10 bits per heavy atom. The van der Waals surface area contributed by atoms with E-state index in [4.69, 9.17) is 4.74 Å². The summed E-state index contributed by atoms with van der Waals surface area (Å²) in [5.41, 5.74) is 0.840. The van der Waals surface area contributed by atoms with Gasteiger partial charge in [-0.15, -0.1) is 0 Å². The van der Waals surface area contributed by atoms with Crippen LogP contribution >= 0.6 is 0 Å². The van der Waals surface area contributed by atoms with E-state index in [1.165, 1.54) is 0 Å². The first-order chi connectivity index (χ1) is 9.95. The van der Waals surface area contributed by atoms with Crippen LogP contribution in [0.25, 0.3) is 0 Å². The highest BCUT2D eigenvalue weighted by Crippen LogP contribution is 2.36. The molecule has 0 bridgehead atoms. The number of hydrogen-bond donors (Lipinski definition) is 1. The van der Waals surface area contributed by atoms with Gasteiger partial charge in [0.05, 0.1) is 12.0 Å². The van der Waals surface area contributed by atoms with Gasteiger partial charge in [0, 0.05) is 12.6 Å². The zero-order valence-electron chi connectivity index (χ0n) is 12.7. The Kier molecular flexibility index (Phi) is 3.71. The second kappa shape index (κ2) is 5.26. The third-order valence-electron chi connectivity index (χ3n) is 4.85. The quantitative estimate of drug-likeness (QED) is 0.912. The summed E-state index contributed by atoms with van der Waals surface area (Å²) < 4.78 is 32.7. The van der Waals surface area contributed by atoms with Crippen LogP contribution in [-0.2, 0) is 10.0 Å². The summed E-state index contributed by atoms with van der Waals surface area (Å²) in [6, 6.07) is 5.12. The number of ether oxygens (including phenoxy) is 1. The van der Waals surface area contributed by atoms with Crippen molar-refractivity contribution >= 4 is 10.0 Å². The molecule has 0 amide bonds. The summed E-state index contributed by atoms with van der Waals surface area (Å²) in [5, 5.41) is 3.35. The normalized spacial score (nSPS) is 29.6. The molecule has 1 N–H and O–H groups in total. The van der Waals surface area contributed by atoms with Gasteiger partial charge in [0.1, 0.15) is 5.75 Å². The molecule has 1 aromatic rings. The summed E-state index contributed by atoms with van der Waals surface area (Å²) in [4.78, 5) is 0.362. The Morgan fingerprint density at radius 1 is 1.33 bits per heavy atom. The van der Waals surface area contributed by atoms with E-state index in [1.54, 1.807) is 29.6 Å². The van der Waals surface area contributed by atoms with Gasteiger partial charge in [0.15, 0.2) is 0 Å². The van der Waals surface area contributed by atoms with Gasteiger partial charge in [-0.3, -0.25) is 0 Å². The zero-order chi connectivity index (χ0) is 15.2. The molecule has 3 atom stereocenters. The molecular formula is C15H22N2O3S. The van der Waals surface area contributed by atoms with Crippen molar-refractivity contribution in [2.75, 3.05) is 26.7 Å². The molecule has 2 saturated heterocycles. The van der Waals surface area contributed by atoms with Crippen molar-refractivity contribution in [3.8, 4) is 5.75 Å². The smallest absolute Gasteiger partial charge is 0.243 e. The minimum atomic E-state index is -3.43. The molecule has 5 nitrogen and oxygen atoms in total. The van der Waals surface area contributed by atoms with Gasteiger partial charge in [-0.2, -0.15) is 4.31 Å². The van der Waals surface area contributed by atoms with E-state index in [2.05, 4.69) is 5.32 Å². The number of sulfonamides is 1. The van der Waals surface area contributed by atoms with E-state index < -0.39 is 10.0 Å². The minimum absolute atomic E-state index is 0.0532. The van der Waals surface area contributed by atoms with Gasteiger partial charge in [0.25, 0.3) is 0 Å². The van der Waals surface area contributed by atoms with Crippen LogP contribution in [-0.4, -0.2) is 45.5 Å². The molecule has 21 heavy (non-hydrogen) atoms. The third-order valence-corrected chi connectivity index (χ3v) is 6.80. The lowest BCUT2D eigenvalue weighted by molar-refractivity contribution is 0.360. The van der Waals surface area contributed by atoms with Crippen molar-refractivity contribution in [2.24, 2.45) is 11.8 Å². The minimum Gasteiger partial charge on any atom is -0.496 e. The SMILES string of the molecule is COc1ccc(S(=O)(=O)N2CC3CNCC3C2C)cc1C. The standard InChI is InChI=1S/C15H22N2O3S/c1-10-6-13(4-5-15(10)20-3)21(18,19)17-9-12-7-16-8-14(12)11(17)2/h4-6,11-12,14,16H,7-9H2,1-3H3. The maximum absolute atomic E-state index is 12.9. The van der Waals surface area contributed by atoms with Crippen molar-refractivity contribution < 1.29 is 13.2 Å². The summed E-state index contributed by atoms with van der Waals surface area (Å²) >= 11 is 0. The van der Waals surface area contributed by atoms with Crippen molar-refractivity contribution in [1.29, 1.82) is 0 Å². The molecule has 0 radical (unpaired) electrons. The highest BCUT2D eigenvalue weighted by Gasteiger charge is 2.46. The van der Waals surface area contributed by atoms with Crippen LogP contribution in [0.15, 0.2) is 23.1 Å². The van der Waals surface area contributed by atoms with Crippen LogP contribution in [0.4, 0.5) is 0 Å².